The molecule has 0 unspecified atom stereocenters. The molecule has 0 aliphatic heterocycles. The minimum Gasteiger partial charge on any atom is -0.263 e. The molecule has 2 heterocycles. The molecular weight excluding hydrogens is 418 g/mol. The Morgan fingerprint density at radius 2 is 0.970 bits per heavy atom. The normalized spacial score (nSPS) is 11.0. The maximum absolute atomic E-state index is 4.60. The highest BCUT2D eigenvalue weighted by atomic mass is 32.1. The number of rotatable bonds is 4. The van der Waals surface area contributed by atoms with E-state index in [1.807, 2.05) is 29.8 Å². The summed E-state index contributed by atoms with van der Waals surface area (Å²) in [5.41, 5.74) is 7.23. The fraction of sp³-hybridized carbons (Fsp3) is 0. The lowest BCUT2D eigenvalue weighted by Gasteiger charge is -2.09. The molecule has 0 fully saturated rings. The molecule has 0 aliphatic rings. The molecule has 6 rings (SSSR count). The van der Waals surface area contributed by atoms with Crippen molar-refractivity contribution in [2.45, 2.75) is 0 Å². The van der Waals surface area contributed by atoms with Crippen LogP contribution in [-0.2, 0) is 0 Å². The van der Waals surface area contributed by atoms with Crippen LogP contribution in [0.3, 0.4) is 0 Å². The van der Waals surface area contributed by atoms with Gasteiger partial charge in [-0.3, -0.25) is 4.98 Å². The van der Waals surface area contributed by atoms with Gasteiger partial charge in [0.2, 0.25) is 0 Å². The Hall–Kier alpha value is -4.01. The summed E-state index contributed by atoms with van der Waals surface area (Å²) in [7, 11) is 0. The largest absolute Gasteiger partial charge is 0.263 e. The standard InChI is InChI=1S/C31H21NS/c1-3-11-22(12-4-1)24-19-25(21-32-20-24)30-28-17-9-10-18-29(28)31(33-30)27-16-8-7-15-26(27)23-13-5-2-6-14-23/h1-21H. The van der Waals surface area contributed by atoms with Crippen molar-refractivity contribution in [2.75, 3.05) is 0 Å². The second-order valence-electron chi connectivity index (χ2n) is 8.05. The van der Waals surface area contributed by atoms with E-state index in [1.165, 1.54) is 42.8 Å². The molecular formula is C31H21NS. The number of hydrogen-bond donors (Lipinski definition) is 0. The first kappa shape index (κ1) is 19.7. The maximum atomic E-state index is 4.60. The van der Waals surface area contributed by atoms with Gasteiger partial charge in [-0.1, -0.05) is 109 Å². The van der Waals surface area contributed by atoms with E-state index in [2.05, 4.69) is 114 Å². The third-order valence-electron chi connectivity index (χ3n) is 5.98. The fourth-order valence-corrected chi connectivity index (χ4v) is 5.71. The zero-order chi connectivity index (χ0) is 22.0. The second kappa shape index (κ2) is 8.50. The minimum absolute atomic E-state index is 1.14. The van der Waals surface area contributed by atoms with Gasteiger partial charge in [0.1, 0.15) is 0 Å². The van der Waals surface area contributed by atoms with Crippen molar-refractivity contribution < 1.29 is 0 Å². The van der Waals surface area contributed by atoms with Gasteiger partial charge in [-0.15, -0.1) is 11.3 Å². The first-order valence-corrected chi connectivity index (χ1v) is 11.9. The average molecular weight is 440 g/mol. The third kappa shape index (κ3) is 3.65. The van der Waals surface area contributed by atoms with Crippen molar-refractivity contribution in [3.05, 3.63) is 128 Å². The van der Waals surface area contributed by atoms with Gasteiger partial charge in [0.05, 0.1) is 0 Å². The van der Waals surface area contributed by atoms with Crippen LogP contribution in [0.15, 0.2) is 128 Å². The van der Waals surface area contributed by atoms with Crippen molar-refractivity contribution in [1.29, 1.82) is 0 Å². The number of nitrogens with zero attached hydrogens (tertiary/aromatic N) is 1. The predicted octanol–water partition coefficient (Wildman–Crippen LogP) is 8.96. The highest BCUT2D eigenvalue weighted by Gasteiger charge is 2.17. The lowest BCUT2D eigenvalue weighted by Crippen LogP contribution is -1.82. The van der Waals surface area contributed by atoms with Crippen molar-refractivity contribution in [3.63, 3.8) is 0 Å². The van der Waals surface area contributed by atoms with E-state index in [1.54, 1.807) is 0 Å². The molecule has 4 aromatic carbocycles. The molecule has 0 radical (unpaired) electrons. The lowest BCUT2D eigenvalue weighted by molar-refractivity contribution is 1.33. The average Bonchev–Trinajstić information content (AvgIpc) is 3.29. The van der Waals surface area contributed by atoms with Gasteiger partial charge in [0, 0.05) is 49.6 Å². The highest BCUT2D eigenvalue weighted by molar-refractivity contribution is 7.21. The van der Waals surface area contributed by atoms with Crippen LogP contribution in [0, 0.1) is 0 Å². The Kier molecular flexibility index (Phi) is 5.06. The first-order valence-electron chi connectivity index (χ1n) is 11.1. The lowest BCUT2D eigenvalue weighted by atomic mass is 9.96. The summed E-state index contributed by atoms with van der Waals surface area (Å²) in [5, 5.41) is 2.55. The Labute approximate surface area is 197 Å². The molecule has 0 bridgehead atoms. The monoisotopic (exact) mass is 439 g/mol. The number of thiophene rings is 1. The van der Waals surface area contributed by atoms with Gasteiger partial charge < -0.3 is 0 Å². The van der Waals surface area contributed by atoms with E-state index in [0.717, 1.165) is 11.1 Å². The van der Waals surface area contributed by atoms with Gasteiger partial charge in [-0.25, -0.2) is 0 Å². The van der Waals surface area contributed by atoms with Gasteiger partial charge in [0.25, 0.3) is 0 Å². The topological polar surface area (TPSA) is 12.9 Å². The number of hydrogen-bond acceptors (Lipinski definition) is 2. The minimum atomic E-state index is 1.14. The second-order valence-corrected chi connectivity index (χ2v) is 9.07. The van der Waals surface area contributed by atoms with Crippen LogP contribution in [0.1, 0.15) is 0 Å². The van der Waals surface area contributed by atoms with Crippen LogP contribution in [0.25, 0.3) is 53.9 Å². The number of aromatic nitrogens is 1. The van der Waals surface area contributed by atoms with E-state index < -0.39 is 0 Å². The molecule has 33 heavy (non-hydrogen) atoms. The summed E-state index contributed by atoms with van der Waals surface area (Å²) in [4.78, 5) is 7.15. The zero-order valence-corrected chi connectivity index (χ0v) is 18.8. The van der Waals surface area contributed by atoms with Crippen LogP contribution in [0.2, 0.25) is 0 Å². The van der Waals surface area contributed by atoms with Gasteiger partial charge in [-0.2, -0.15) is 0 Å². The van der Waals surface area contributed by atoms with Gasteiger partial charge in [0.15, 0.2) is 0 Å². The molecule has 0 saturated heterocycles. The molecule has 0 aliphatic carbocycles. The van der Waals surface area contributed by atoms with Crippen molar-refractivity contribution in [2.24, 2.45) is 0 Å². The van der Waals surface area contributed by atoms with E-state index >= 15 is 0 Å². The smallest absolute Gasteiger partial charge is 0.0443 e. The summed E-state index contributed by atoms with van der Waals surface area (Å²) in [6.45, 7) is 0. The molecule has 1 nitrogen and oxygen atoms in total. The van der Waals surface area contributed by atoms with E-state index in [9.17, 15) is 0 Å². The molecule has 0 amide bonds. The van der Waals surface area contributed by atoms with Crippen molar-refractivity contribution >= 4 is 22.1 Å². The Bertz CT molecular complexity index is 1550. The summed E-state index contributed by atoms with van der Waals surface area (Å²) in [6, 6.07) is 40.8. The summed E-state index contributed by atoms with van der Waals surface area (Å²) >= 11 is 1.85. The molecule has 0 atom stereocenters. The van der Waals surface area contributed by atoms with Crippen LogP contribution < -0.4 is 0 Å². The predicted molar refractivity (Wildman–Crippen MR) is 141 cm³/mol. The molecule has 156 valence electrons. The van der Waals surface area contributed by atoms with Crippen LogP contribution >= 0.6 is 11.3 Å². The quantitative estimate of drug-likeness (QED) is 0.267. The molecule has 2 aromatic heterocycles. The van der Waals surface area contributed by atoms with Crippen LogP contribution in [-0.4, -0.2) is 4.98 Å². The molecule has 0 spiro atoms. The van der Waals surface area contributed by atoms with Crippen LogP contribution in [0.4, 0.5) is 0 Å². The van der Waals surface area contributed by atoms with Crippen molar-refractivity contribution in [3.8, 4) is 43.1 Å². The van der Waals surface area contributed by atoms with Crippen LogP contribution in [0.5, 0.6) is 0 Å². The Morgan fingerprint density at radius 1 is 0.424 bits per heavy atom. The fourth-order valence-electron chi connectivity index (χ4n) is 4.41. The number of benzene rings is 4. The van der Waals surface area contributed by atoms with E-state index in [-0.39, 0.29) is 0 Å². The van der Waals surface area contributed by atoms with E-state index in [4.69, 9.17) is 0 Å². The summed E-state index contributed by atoms with van der Waals surface area (Å²) in [6.07, 6.45) is 3.93. The molecule has 0 N–H and O–H groups in total. The highest BCUT2D eigenvalue weighted by Crippen LogP contribution is 2.46. The Morgan fingerprint density at radius 3 is 1.70 bits per heavy atom. The third-order valence-corrected chi connectivity index (χ3v) is 7.29. The Balaban J connectivity index is 1.55. The maximum Gasteiger partial charge on any atom is 0.0443 e. The molecule has 6 aromatic rings. The number of pyridine rings is 1. The molecule has 2 heteroatoms. The van der Waals surface area contributed by atoms with Gasteiger partial charge >= 0.3 is 0 Å². The van der Waals surface area contributed by atoms with Gasteiger partial charge in [-0.05, 0) is 22.8 Å². The SMILES string of the molecule is c1ccc(-c2cncc(-c3sc(-c4ccccc4-c4ccccc4)c4ccccc34)c2)cc1. The summed E-state index contributed by atoms with van der Waals surface area (Å²) in [5.74, 6) is 0. The molecule has 0 saturated carbocycles. The van der Waals surface area contributed by atoms with E-state index in [0.29, 0.717) is 0 Å². The number of fused-ring (bicyclic) bond motifs is 1. The zero-order valence-electron chi connectivity index (χ0n) is 18.0. The summed E-state index contributed by atoms with van der Waals surface area (Å²) < 4.78 is 0. The first-order chi connectivity index (χ1) is 16.4. The van der Waals surface area contributed by atoms with Crippen molar-refractivity contribution in [1.82, 2.24) is 4.98 Å².